The summed E-state index contributed by atoms with van der Waals surface area (Å²) >= 11 is 0. The van der Waals surface area contributed by atoms with Gasteiger partial charge in [-0.2, -0.15) is 0 Å². The van der Waals surface area contributed by atoms with Crippen LogP contribution in [0.4, 0.5) is 4.79 Å². The van der Waals surface area contributed by atoms with Gasteiger partial charge in [-0.05, 0) is 30.5 Å². The molecule has 1 atom stereocenters. The second-order valence-corrected chi connectivity index (χ2v) is 5.20. The molecule has 1 saturated heterocycles. The fourth-order valence-corrected chi connectivity index (χ4v) is 2.22. The van der Waals surface area contributed by atoms with E-state index < -0.39 is 0 Å². The van der Waals surface area contributed by atoms with E-state index in [0.29, 0.717) is 26.3 Å². The van der Waals surface area contributed by atoms with Crippen molar-refractivity contribution in [2.24, 2.45) is 0 Å². The molecule has 0 aromatic heterocycles. The highest BCUT2D eigenvalue weighted by molar-refractivity contribution is 5.73. The van der Waals surface area contributed by atoms with E-state index >= 15 is 0 Å². The first-order valence-corrected chi connectivity index (χ1v) is 7.62. The Morgan fingerprint density at radius 3 is 3.09 bits per heavy atom. The number of hydrogen-bond acceptors (Lipinski definition) is 4. The Morgan fingerprint density at radius 1 is 1.41 bits per heavy atom. The third kappa shape index (κ3) is 5.91. The van der Waals surface area contributed by atoms with Crippen LogP contribution in [0.15, 0.2) is 24.3 Å². The van der Waals surface area contributed by atoms with Crippen molar-refractivity contribution in [1.29, 1.82) is 0 Å². The molecule has 0 radical (unpaired) electrons. The van der Waals surface area contributed by atoms with E-state index in [1.54, 1.807) is 7.11 Å². The minimum atomic E-state index is -0.206. The van der Waals surface area contributed by atoms with Crippen LogP contribution in [0.3, 0.4) is 0 Å². The van der Waals surface area contributed by atoms with Crippen LogP contribution < -0.4 is 15.4 Å². The lowest BCUT2D eigenvalue weighted by atomic mass is 10.2. The van der Waals surface area contributed by atoms with Crippen LogP contribution in [0.1, 0.15) is 18.4 Å². The molecule has 0 aliphatic carbocycles. The lowest BCUT2D eigenvalue weighted by Crippen LogP contribution is -2.36. The molecule has 6 nitrogen and oxygen atoms in total. The second-order valence-electron chi connectivity index (χ2n) is 5.20. The SMILES string of the molecule is COCCNC(=O)NCc1cccc(OC[C@@H]2CCCO2)c1. The molecule has 1 aromatic carbocycles. The summed E-state index contributed by atoms with van der Waals surface area (Å²) in [6, 6.07) is 7.52. The topological polar surface area (TPSA) is 68.8 Å². The first-order valence-electron chi connectivity index (χ1n) is 7.62. The number of methoxy groups -OCH3 is 1. The van der Waals surface area contributed by atoms with Gasteiger partial charge in [0.15, 0.2) is 0 Å². The Hall–Kier alpha value is -1.79. The number of ether oxygens (including phenoxy) is 3. The predicted octanol–water partition coefficient (Wildman–Crippen LogP) is 1.69. The van der Waals surface area contributed by atoms with Gasteiger partial charge < -0.3 is 24.8 Å². The fourth-order valence-electron chi connectivity index (χ4n) is 2.22. The molecule has 122 valence electrons. The van der Waals surface area contributed by atoms with Crippen molar-refractivity contribution in [2.45, 2.75) is 25.5 Å². The summed E-state index contributed by atoms with van der Waals surface area (Å²) in [4.78, 5) is 11.6. The fraction of sp³-hybridized carbons (Fsp3) is 0.562. The van der Waals surface area contributed by atoms with E-state index in [-0.39, 0.29) is 12.1 Å². The van der Waals surface area contributed by atoms with Gasteiger partial charge in [0.2, 0.25) is 0 Å². The molecule has 1 fully saturated rings. The molecular formula is C16H24N2O4. The average Bonchev–Trinajstić information content (AvgIpc) is 3.05. The van der Waals surface area contributed by atoms with Crippen molar-refractivity contribution in [2.75, 3.05) is 33.5 Å². The lowest BCUT2D eigenvalue weighted by Gasteiger charge is -2.12. The first kappa shape index (κ1) is 16.6. The van der Waals surface area contributed by atoms with Crippen molar-refractivity contribution in [3.05, 3.63) is 29.8 Å². The number of urea groups is 1. The van der Waals surface area contributed by atoms with Crippen LogP contribution in [-0.2, 0) is 16.0 Å². The Balaban J connectivity index is 1.72. The quantitative estimate of drug-likeness (QED) is 0.717. The molecule has 1 aromatic rings. The first-order chi connectivity index (χ1) is 10.8. The molecule has 2 amide bonds. The number of nitrogens with one attached hydrogen (secondary N) is 2. The lowest BCUT2D eigenvalue weighted by molar-refractivity contribution is 0.0679. The van der Waals surface area contributed by atoms with Crippen LogP contribution in [-0.4, -0.2) is 45.6 Å². The van der Waals surface area contributed by atoms with E-state index in [1.807, 2.05) is 24.3 Å². The van der Waals surface area contributed by atoms with Gasteiger partial charge in [-0.15, -0.1) is 0 Å². The molecule has 2 rings (SSSR count). The van der Waals surface area contributed by atoms with Gasteiger partial charge in [0.05, 0.1) is 12.7 Å². The number of benzene rings is 1. The summed E-state index contributed by atoms with van der Waals surface area (Å²) in [6.07, 6.45) is 2.37. The van der Waals surface area contributed by atoms with Crippen LogP contribution in [0.5, 0.6) is 5.75 Å². The number of carbonyl (C=O) groups is 1. The molecular weight excluding hydrogens is 284 g/mol. The zero-order valence-electron chi connectivity index (χ0n) is 13.0. The molecule has 22 heavy (non-hydrogen) atoms. The Labute approximate surface area is 131 Å². The van der Waals surface area contributed by atoms with E-state index in [9.17, 15) is 4.79 Å². The summed E-state index contributed by atoms with van der Waals surface area (Å²) in [5.74, 6) is 0.801. The molecule has 0 bridgehead atoms. The van der Waals surface area contributed by atoms with Crippen molar-refractivity contribution in [3.63, 3.8) is 0 Å². The summed E-state index contributed by atoms with van der Waals surface area (Å²) < 4.78 is 16.1. The van der Waals surface area contributed by atoms with Crippen LogP contribution in [0.25, 0.3) is 0 Å². The number of hydrogen-bond donors (Lipinski definition) is 2. The molecule has 0 unspecified atom stereocenters. The van der Waals surface area contributed by atoms with Gasteiger partial charge >= 0.3 is 6.03 Å². The largest absolute Gasteiger partial charge is 0.491 e. The summed E-state index contributed by atoms with van der Waals surface area (Å²) in [7, 11) is 1.60. The Morgan fingerprint density at radius 2 is 2.32 bits per heavy atom. The van der Waals surface area contributed by atoms with E-state index in [4.69, 9.17) is 14.2 Å². The highest BCUT2D eigenvalue weighted by Gasteiger charge is 2.15. The Kier molecular flexibility index (Phi) is 6.99. The number of amides is 2. The Bertz CT molecular complexity index is 461. The maximum Gasteiger partial charge on any atom is 0.315 e. The van der Waals surface area contributed by atoms with Gasteiger partial charge in [-0.25, -0.2) is 4.79 Å². The van der Waals surface area contributed by atoms with Crippen molar-refractivity contribution in [1.82, 2.24) is 10.6 Å². The molecule has 1 heterocycles. The summed E-state index contributed by atoms with van der Waals surface area (Å²) in [5.41, 5.74) is 0.992. The molecule has 0 saturated carbocycles. The van der Waals surface area contributed by atoms with Gasteiger partial charge in [-0.3, -0.25) is 0 Å². The van der Waals surface area contributed by atoms with Crippen LogP contribution in [0.2, 0.25) is 0 Å². The van der Waals surface area contributed by atoms with Crippen LogP contribution in [0, 0.1) is 0 Å². The molecule has 1 aliphatic heterocycles. The molecule has 0 spiro atoms. The predicted molar refractivity (Wildman–Crippen MR) is 83.0 cm³/mol. The van der Waals surface area contributed by atoms with Crippen molar-refractivity contribution >= 4 is 6.03 Å². The monoisotopic (exact) mass is 308 g/mol. The minimum absolute atomic E-state index is 0.202. The zero-order chi connectivity index (χ0) is 15.6. The second kappa shape index (κ2) is 9.27. The van der Waals surface area contributed by atoms with Gasteiger partial charge in [0.25, 0.3) is 0 Å². The maximum absolute atomic E-state index is 11.6. The highest BCUT2D eigenvalue weighted by Crippen LogP contribution is 2.17. The van der Waals surface area contributed by atoms with Crippen molar-refractivity contribution < 1.29 is 19.0 Å². The van der Waals surface area contributed by atoms with E-state index in [0.717, 1.165) is 30.8 Å². The normalized spacial score (nSPS) is 17.2. The third-order valence-corrected chi connectivity index (χ3v) is 3.40. The van der Waals surface area contributed by atoms with E-state index in [1.165, 1.54) is 0 Å². The van der Waals surface area contributed by atoms with Gasteiger partial charge in [0.1, 0.15) is 12.4 Å². The van der Waals surface area contributed by atoms with Crippen LogP contribution >= 0.6 is 0 Å². The van der Waals surface area contributed by atoms with Crippen molar-refractivity contribution in [3.8, 4) is 5.75 Å². The maximum atomic E-state index is 11.6. The van der Waals surface area contributed by atoms with E-state index in [2.05, 4.69) is 10.6 Å². The smallest absolute Gasteiger partial charge is 0.315 e. The third-order valence-electron chi connectivity index (χ3n) is 3.40. The van der Waals surface area contributed by atoms with Gasteiger partial charge in [-0.1, -0.05) is 12.1 Å². The zero-order valence-corrected chi connectivity index (χ0v) is 13.0. The highest BCUT2D eigenvalue weighted by atomic mass is 16.5. The van der Waals surface area contributed by atoms with Gasteiger partial charge in [0, 0.05) is 26.8 Å². The molecule has 6 heteroatoms. The minimum Gasteiger partial charge on any atom is -0.491 e. The summed E-state index contributed by atoms with van der Waals surface area (Å²) in [6.45, 7) is 2.85. The summed E-state index contributed by atoms with van der Waals surface area (Å²) in [5, 5.41) is 5.50. The average molecular weight is 308 g/mol. The number of rotatable bonds is 8. The number of carbonyl (C=O) groups excluding carboxylic acids is 1. The molecule has 1 aliphatic rings. The standard InChI is InChI=1S/C16H24N2O4/c1-20-9-7-17-16(19)18-11-13-4-2-5-14(10-13)22-12-15-6-3-8-21-15/h2,4-5,10,15H,3,6-9,11-12H2,1H3,(H2,17,18,19)/t15-/m0/s1. The molecule has 2 N–H and O–H groups in total.